The quantitative estimate of drug-likeness (QED) is 0.241. The molecule has 7 rings (SSSR count). The highest BCUT2D eigenvalue weighted by Crippen LogP contribution is 2.42. The van der Waals surface area contributed by atoms with Crippen LogP contribution in [0.25, 0.3) is 0 Å². The normalized spacial score (nSPS) is 22.3. The van der Waals surface area contributed by atoms with E-state index in [9.17, 15) is 9.18 Å². The predicted molar refractivity (Wildman–Crippen MR) is 190 cm³/mol. The first kappa shape index (κ1) is 33.5. The van der Waals surface area contributed by atoms with Crippen LogP contribution in [0, 0.1) is 5.82 Å². The molecular weight excluding hydrogens is 647 g/mol. The van der Waals surface area contributed by atoms with Crippen molar-refractivity contribution in [2.75, 3.05) is 67.0 Å². The molecule has 11 nitrogen and oxygen atoms in total. The minimum absolute atomic E-state index is 0.0693. The summed E-state index contributed by atoms with van der Waals surface area (Å²) < 4.78 is 20.2. The third-order valence-corrected chi connectivity index (χ3v) is 10.6. The van der Waals surface area contributed by atoms with Gasteiger partial charge in [-0.2, -0.15) is 0 Å². The fourth-order valence-corrected chi connectivity index (χ4v) is 7.81. The highest BCUT2D eigenvalue weighted by Gasteiger charge is 2.37. The van der Waals surface area contributed by atoms with Gasteiger partial charge in [-0.1, -0.05) is 30.3 Å². The molecule has 260 valence electrons. The number of methoxy groups -OCH3 is 1. The van der Waals surface area contributed by atoms with Crippen LogP contribution in [0.15, 0.2) is 55.4 Å². The second-order valence-corrected chi connectivity index (χ2v) is 13.7. The molecule has 2 N–H and O–H groups in total. The summed E-state index contributed by atoms with van der Waals surface area (Å²) in [5, 5.41) is 8.07. The van der Waals surface area contributed by atoms with E-state index in [4.69, 9.17) is 21.2 Å². The second-order valence-electron chi connectivity index (χ2n) is 13.3. The Morgan fingerprint density at radius 2 is 1.88 bits per heavy atom. The average molecular weight is 691 g/mol. The number of halogens is 2. The average Bonchev–Trinajstić information content (AvgIpc) is 3.86. The topological polar surface area (TPSA) is 98.3 Å². The molecule has 0 bridgehead atoms. The summed E-state index contributed by atoms with van der Waals surface area (Å²) in [5.41, 5.74) is 2.78. The Hall–Kier alpha value is -3.97. The number of hydroxylamine groups is 1. The smallest absolute Gasteiger partial charge is 0.247 e. The summed E-state index contributed by atoms with van der Waals surface area (Å²) in [4.78, 5) is 35.1. The molecule has 0 radical (unpaired) electrons. The standard InChI is InChI=1S/C36H44ClFN8O3/c1-4-35(47)42-28-18-29(41-33-20-34(40-22-39-33)46-30(12-17-49-46)26-6-5-7-27(38)36(26)37)32(48-3)19-31(28)43-13-10-25(11-14-43)45-16-15-44(21-23(45)2)24-8-9-24/h4-7,18-20,22-25,30H,1,8-17,21H2,2-3H3,(H,42,47)(H,39,40,41)/t23-,30+/m0/s1. The van der Waals surface area contributed by atoms with Gasteiger partial charge in [0.25, 0.3) is 0 Å². The van der Waals surface area contributed by atoms with Crippen LogP contribution in [-0.4, -0.2) is 90.2 Å². The molecule has 3 aliphatic heterocycles. The zero-order valence-electron chi connectivity index (χ0n) is 28.1. The van der Waals surface area contributed by atoms with Crippen LogP contribution >= 0.6 is 11.6 Å². The molecule has 4 fully saturated rings. The molecule has 1 aromatic heterocycles. The Morgan fingerprint density at radius 1 is 1.06 bits per heavy atom. The lowest BCUT2D eigenvalue weighted by molar-refractivity contribution is -0.111. The van der Waals surface area contributed by atoms with Gasteiger partial charge in [0, 0.05) is 69.4 Å². The number of carbonyl (C=O) groups is 1. The van der Waals surface area contributed by atoms with E-state index in [0.717, 1.165) is 50.7 Å². The van der Waals surface area contributed by atoms with Gasteiger partial charge < -0.3 is 20.3 Å². The van der Waals surface area contributed by atoms with Crippen molar-refractivity contribution >= 4 is 46.2 Å². The maximum absolute atomic E-state index is 14.3. The van der Waals surface area contributed by atoms with Crippen LogP contribution in [0.1, 0.15) is 50.6 Å². The third kappa shape index (κ3) is 7.19. The zero-order valence-corrected chi connectivity index (χ0v) is 28.8. The number of benzene rings is 2. The molecule has 0 spiro atoms. The van der Waals surface area contributed by atoms with Gasteiger partial charge in [0.2, 0.25) is 5.91 Å². The van der Waals surface area contributed by atoms with Crippen molar-refractivity contribution in [1.29, 1.82) is 0 Å². The van der Waals surface area contributed by atoms with Gasteiger partial charge in [-0.05, 0) is 56.4 Å². The van der Waals surface area contributed by atoms with Crippen molar-refractivity contribution in [2.45, 2.75) is 63.2 Å². The molecule has 3 aromatic rings. The van der Waals surface area contributed by atoms with Crippen molar-refractivity contribution in [1.82, 2.24) is 19.8 Å². The number of amides is 1. The lowest BCUT2D eigenvalue weighted by Gasteiger charge is -2.47. The van der Waals surface area contributed by atoms with Crippen LogP contribution in [0.2, 0.25) is 5.02 Å². The number of piperazine rings is 1. The number of piperidine rings is 1. The maximum atomic E-state index is 14.3. The van der Waals surface area contributed by atoms with E-state index in [1.54, 1.807) is 30.4 Å². The first-order chi connectivity index (χ1) is 23.8. The SMILES string of the molecule is C=CC(=O)Nc1cc(Nc2cc(N3OCC[C@@H]3c3cccc(F)c3Cl)ncn2)c(OC)cc1N1CCC(N2CCN(C3CC3)C[C@@H]2C)CC1. The van der Waals surface area contributed by atoms with E-state index in [0.29, 0.717) is 59.4 Å². The van der Waals surface area contributed by atoms with Gasteiger partial charge in [0.1, 0.15) is 23.7 Å². The molecule has 4 heterocycles. The van der Waals surface area contributed by atoms with Crippen LogP contribution in [0.3, 0.4) is 0 Å². The van der Waals surface area contributed by atoms with Crippen LogP contribution in [0.5, 0.6) is 5.75 Å². The van der Waals surface area contributed by atoms with Gasteiger partial charge in [0.05, 0.1) is 41.8 Å². The minimum atomic E-state index is -0.480. The number of anilines is 5. The van der Waals surface area contributed by atoms with E-state index < -0.39 is 5.82 Å². The highest BCUT2D eigenvalue weighted by atomic mass is 35.5. The number of ether oxygens (including phenoxy) is 1. The number of aromatic nitrogens is 2. The van der Waals surface area contributed by atoms with Gasteiger partial charge in [-0.25, -0.2) is 19.4 Å². The summed E-state index contributed by atoms with van der Waals surface area (Å²) in [6.07, 6.45) is 8.13. The van der Waals surface area contributed by atoms with Crippen LogP contribution in [-0.2, 0) is 9.63 Å². The molecule has 4 aliphatic rings. The van der Waals surface area contributed by atoms with Gasteiger partial charge in [0.15, 0.2) is 5.82 Å². The highest BCUT2D eigenvalue weighted by molar-refractivity contribution is 6.31. The molecule has 13 heteroatoms. The molecule has 3 saturated heterocycles. The van der Waals surface area contributed by atoms with Gasteiger partial charge >= 0.3 is 0 Å². The maximum Gasteiger partial charge on any atom is 0.247 e. The summed E-state index contributed by atoms with van der Waals surface area (Å²) in [6.45, 7) is 11.7. The van der Waals surface area contributed by atoms with Crippen molar-refractivity contribution in [3.05, 3.63) is 71.8 Å². The van der Waals surface area contributed by atoms with Gasteiger partial charge in [-0.15, -0.1) is 0 Å². The Balaban J connectivity index is 1.09. The molecule has 49 heavy (non-hydrogen) atoms. The molecular formula is C36H44ClFN8O3. The van der Waals surface area contributed by atoms with E-state index >= 15 is 0 Å². The Kier molecular flexibility index (Phi) is 9.91. The largest absolute Gasteiger partial charge is 0.494 e. The Labute approximate surface area is 292 Å². The second kappa shape index (κ2) is 14.5. The van der Waals surface area contributed by atoms with Gasteiger partial charge in [-0.3, -0.25) is 19.4 Å². The van der Waals surface area contributed by atoms with Crippen molar-refractivity contribution in [3.63, 3.8) is 0 Å². The zero-order chi connectivity index (χ0) is 34.1. The number of rotatable bonds is 10. The fraction of sp³-hybridized carbons (Fsp3) is 0.472. The number of nitrogens with one attached hydrogen (secondary N) is 2. The van der Waals surface area contributed by atoms with Crippen LogP contribution in [0.4, 0.5) is 33.1 Å². The van der Waals surface area contributed by atoms with Crippen molar-refractivity contribution < 1.29 is 18.8 Å². The Bertz CT molecular complexity index is 1680. The Morgan fingerprint density at radius 3 is 2.61 bits per heavy atom. The molecule has 2 atom stereocenters. The summed E-state index contributed by atoms with van der Waals surface area (Å²) >= 11 is 6.33. The number of nitrogens with zero attached hydrogens (tertiary/aromatic N) is 6. The number of hydrogen-bond acceptors (Lipinski definition) is 10. The predicted octanol–water partition coefficient (Wildman–Crippen LogP) is 6.17. The molecule has 1 aliphatic carbocycles. The van der Waals surface area contributed by atoms with Crippen molar-refractivity contribution in [2.24, 2.45) is 0 Å². The van der Waals surface area contributed by atoms with Crippen LogP contribution < -0.4 is 25.3 Å². The summed E-state index contributed by atoms with van der Waals surface area (Å²) in [7, 11) is 1.62. The van der Waals surface area contributed by atoms with E-state index in [1.807, 2.05) is 12.1 Å². The third-order valence-electron chi connectivity index (χ3n) is 10.2. The molecule has 2 aromatic carbocycles. The molecule has 1 amide bonds. The summed E-state index contributed by atoms with van der Waals surface area (Å²) in [5.74, 6) is 0.787. The number of carbonyl (C=O) groups excluding carboxylic acids is 1. The lowest BCUT2D eigenvalue weighted by Crippen LogP contribution is -2.57. The first-order valence-corrected chi connectivity index (χ1v) is 17.6. The van der Waals surface area contributed by atoms with E-state index in [2.05, 4.69) is 48.8 Å². The monoisotopic (exact) mass is 690 g/mol. The molecule has 0 unspecified atom stereocenters. The van der Waals surface area contributed by atoms with E-state index in [1.165, 1.54) is 37.9 Å². The van der Waals surface area contributed by atoms with E-state index in [-0.39, 0.29) is 17.0 Å². The lowest BCUT2D eigenvalue weighted by atomic mass is 9.99. The minimum Gasteiger partial charge on any atom is -0.494 e. The summed E-state index contributed by atoms with van der Waals surface area (Å²) in [6, 6.07) is 11.9. The fourth-order valence-electron chi connectivity index (χ4n) is 7.56. The number of hydrogen-bond donors (Lipinski definition) is 2. The molecule has 1 saturated carbocycles. The van der Waals surface area contributed by atoms with Crippen molar-refractivity contribution in [3.8, 4) is 5.75 Å². The first-order valence-electron chi connectivity index (χ1n) is 17.2.